The Kier molecular flexibility index (Phi) is 7.93. The summed E-state index contributed by atoms with van der Waals surface area (Å²) in [6.07, 6.45) is 3.37. The summed E-state index contributed by atoms with van der Waals surface area (Å²) in [5, 5.41) is 12.7. The van der Waals surface area contributed by atoms with Crippen LogP contribution in [0.3, 0.4) is 0 Å². The minimum absolute atomic E-state index is 0.0787. The summed E-state index contributed by atoms with van der Waals surface area (Å²) in [4.78, 5) is 25.0. The quantitative estimate of drug-likeness (QED) is 0.692. The number of carbonyl (C=O) groups excluding carboxylic acids is 2. The van der Waals surface area contributed by atoms with Crippen LogP contribution in [0.5, 0.6) is 0 Å². The number of thiophene rings is 1. The Hall–Kier alpha value is -1.87. The third-order valence-electron chi connectivity index (χ3n) is 3.79. The molecule has 0 aliphatic heterocycles. The second kappa shape index (κ2) is 9.43. The van der Waals surface area contributed by atoms with Gasteiger partial charge in [-0.25, -0.2) is 4.79 Å². The van der Waals surface area contributed by atoms with Gasteiger partial charge in [0.25, 0.3) is 0 Å². The minimum atomic E-state index is -0.456. The summed E-state index contributed by atoms with van der Waals surface area (Å²) in [6, 6.07) is 2.09. The van der Waals surface area contributed by atoms with E-state index < -0.39 is 5.97 Å². The Bertz CT molecular complexity index is 629. The summed E-state index contributed by atoms with van der Waals surface area (Å²) in [5.74, 6) is -0.625. The SMILES string of the molecule is CCCCC(CC)C(=O)Nc1sc(C(=O)OC(C)C)c(C)c1C#N. The van der Waals surface area contributed by atoms with Crippen molar-refractivity contribution in [3.63, 3.8) is 0 Å². The van der Waals surface area contributed by atoms with Crippen molar-refractivity contribution in [2.45, 2.75) is 66.4 Å². The van der Waals surface area contributed by atoms with Crippen molar-refractivity contribution in [3.05, 3.63) is 16.0 Å². The van der Waals surface area contributed by atoms with Crippen LogP contribution in [0.25, 0.3) is 0 Å². The van der Waals surface area contributed by atoms with E-state index in [1.54, 1.807) is 20.8 Å². The predicted octanol–water partition coefficient (Wildman–Crippen LogP) is 4.65. The Morgan fingerprint density at radius 3 is 2.50 bits per heavy atom. The van der Waals surface area contributed by atoms with Crippen molar-refractivity contribution in [2.24, 2.45) is 5.92 Å². The van der Waals surface area contributed by atoms with Gasteiger partial charge in [0, 0.05) is 5.92 Å². The summed E-state index contributed by atoms with van der Waals surface area (Å²) >= 11 is 1.11. The fraction of sp³-hybridized carbons (Fsp3) is 0.611. The van der Waals surface area contributed by atoms with Crippen LogP contribution in [-0.2, 0) is 9.53 Å². The Morgan fingerprint density at radius 2 is 2.00 bits per heavy atom. The van der Waals surface area contributed by atoms with E-state index >= 15 is 0 Å². The van der Waals surface area contributed by atoms with Gasteiger partial charge in [0.2, 0.25) is 5.91 Å². The number of hydrogen-bond acceptors (Lipinski definition) is 5. The number of carbonyl (C=O) groups is 2. The molecule has 0 saturated carbocycles. The maximum absolute atomic E-state index is 12.5. The van der Waals surface area contributed by atoms with E-state index in [-0.39, 0.29) is 17.9 Å². The van der Waals surface area contributed by atoms with Gasteiger partial charge in [-0.15, -0.1) is 11.3 Å². The number of nitrogens with zero attached hydrogens (tertiary/aromatic N) is 1. The lowest BCUT2D eigenvalue weighted by molar-refractivity contribution is -0.120. The molecule has 24 heavy (non-hydrogen) atoms. The maximum Gasteiger partial charge on any atom is 0.348 e. The molecule has 0 bridgehead atoms. The second-order valence-corrected chi connectivity index (χ2v) is 7.08. The topological polar surface area (TPSA) is 79.2 Å². The Balaban J connectivity index is 3.01. The number of ether oxygens (including phenoxy) is 1. The molecule has 1 rings (SSSR count). The molecule has 0 aromatic carbocycles. The number of nitriles is 1. The molecule has 0 spiro atoms. The largest absolute Gasteiger partial charge is 0.459 e. The van der Waals surface area contributed by atoms with Crippen molar-refractivity contribution in [1.29, 1.82) is 5.26 Å². The molecular weight excluding hydrogens is 324 g/mol. The molecule has 1 aromatic rings. The summed E-state index contributed by atoms with van der Waals surface area (Å²) in [6.45, 7) is 9.32. The standard InChI is InChI=1S/C18H26N2O3S/c1-6-8-9-13(7-2)16(21)20-17-14(10-19)12(5)15(24-17)18(22)23-11(3)4/h11,13H,6-9H2,1-5H3,(H,20,21). The van der Waals surface area contributed by atoms with Crippen molar-refractivity contribution in [2.75, 3.05) is 5.32 Å². The number of esters is 1. The number of anilines is 1. The molecule has 132 valence electrons. The van der Waals surface area contributed by atoms with Gasteiger partial charge >= 0.3 is 5.97 Å². The van der Waals surface area contributed by atoms with Gasteiger partial charge < -0.3 is 10.1 Å². The van der Waals surface area contributed by atoms with E-state index in [2.05, 4.69) is 18.3 Å². The zero-order valence-electron chi connectivity index (χ0n) is 15.1. The first-order chi connectivity index (χ1) is 11.3. The highest BCUT2D eigenvalue weighted by atomic mass is 32.1. The highest BCUT2D eigenvalue weighted by Gasteiger charge is 2.24. The van der Waals surface area contributed by atoms with E-state index in [9.17, 15) is 14.9 Å². The van der Waals surface area contributed by atoms with Crippen molar-refractivity contribution >= 4 is 28.2 Å². The number of hydrogen-bond donors (Lipinski definition) is 1. The zero-order chi connectivity index (χ0) is 18.3. The maximum atomic E-state index is 12.5. The number of amides is 1. The van der Waals surface area contributed by atoms with Gasteiger partial charge in [-0.05, 0) is 39.2 Å². The van der Waals surface area contributed by atoms with Crippen molar-refractivity contribution in [3.8, 4) is 6.07 Å². The van der Waals surface area contributed by atoms with Gasteiger partial charge in [-0.1, -0.05) is 26.7 Å². The first-order valence-electron chi connectivity index (χ1n) is 8.40. The first kappa shape index (κ1) is 20.2. The van der Waals surface area contributed by atoms with E-state index in [4.69, 9.17) is 4.74 Å². The number of nitrogens with one attached hydrogen (secondary N) is 1. The number of rotatable bonds is 8. The van der Waals surface area contributed by atoms with Crippen LogP contribution in [0.1, 0.15) is 74.2 Å². The Labute approximate surface area is 148 Å². The predicted molar refractivity (Wildman–Crippen MR) is 96.3 cm³/mol. The summed E-state index contributed by atoms with van der Waals surface area (Å²) in [7, 11) is 0. The van der Waals surface area contributed by atoms with E-state index in [1.807, 2.05) is 6.92 Å². The lowest BCUT2D eigenvalue weighted by Crippen LogP contribution is -2.22. The van der Waals surface area contributed by atoms with Crippen LogP contribution in [-0.4, -0.2) is 18.0 Å². The first-order valence-corrected chi connectivity index (χ1v) is 9.22. The summed E-state index contributed by atoms with van der Waals surface area (Å²) in [5.41, 5.74) is 0.902. The molecule has 6 heteroatoms. The van der Waals surface area contributed by atoms with Crippen LogP contribution >= 0.6 is 11.3 Å². The molecule has 1 heterocycles. The molecule has 5 nitrogen and oxygen atoms in total. The fourth-order valence-corrected chi connectivity index (χ4v) is 3.43. The van der Waals surface area contributed by atoms with Crippen LogP contribution in [0, 0.1) is 24.2 Å². The highest BCUT2D eigenvalue weighted by molar-refractivity contribution is 7.18. The lowest BCUT2D eigenvalue weighted by Gasteiger charge is -2.13. The molecule has 0 radical (unpaired) electrons. The fourth-order valence-electron chi connectivity index (χ4n) is 2.38. The third kappa shape index (κ3) is 5.07. The van der Waals surface area contributed by atoms with E-state index in [0.717, 1.165) is 37.0 Å². The van der Waals surface area contributed by atoms with Crippen LogP contribution in [0.2, 0.25) is 0 Å². The van der Waals surface area contributed by atoms with Crippen LogP contribution < -0.4 is 5.32 Å². The smallest absolute Gasteiger partial charge is 0.348 e. The molecule has 0 saturated heterocycles. The van der Waals surface area contributed by atoms with Gasteiger partial charge in [-0.3, -0.25) is 4.79 Å². The molecule has 0 fully saturated rings. The molecular formula is C18H26N2O3S. The lowest BCUT2D eigenvalue weighted by atomic mass is 9.98. The average Bonchev–Trinajstić information content (AvgIpc) is 2.83. The van der Waals surface area contributed by atoms with Crippen molar-refractivity contribution < 1.29 is 14.3 Å². The molecule has 1 N–H and O–H groups in total. The van der Waals surface area contributed by atoms with Gasteiger partial charge in [0.15, 0.2) is 0 Å². The monoisotopic (exact) mass is 350 g/mol. The van der Waals surface area contributed by atoms with Gasteiger partial charge in [0.05, 0.1) is 11.7 Å². The number of unbranched alkanes of at least 4 members (excludes halogenated alkanes) is 1. The minimum Gasteiger partial charge on any atom is -0.459 e. The average molecular weight is 350 g/mol. The molecule has 0 aliphatic rings. The molecule has 1 atom stereocenters. The third-order valence-corrected chi connectivity index (χ3v) is 4.98. The zero-order valence-corrected chi connectivity index (χ0v) is 15.9. The second-order valence-electron chi connectivity index (χ2n) is 6.06. The van der Waals surface area contributed by atoms with E-state index in [1.165, 1.54) is 0 Å². The molecule has 0 aliphatic carbocycles. The highest BCUT2D eigenvalue weighted by Crippen LogP contribution is 2.34. The van der Waals surface area contributed by atoms with Crippen LogP contribution in [0.4, 0.5) is 5.00 Å². The normalized spacial score (nSPS) is 11.9. The van der Waals surface area contributed by atoms with Crippen molar-refractivity contribution in [1.82, 2.24) is 0 Å². The molecule has 1 unspecified atom stereocenters. The van der Waals surface area contributed by atoms with Crippen LogP contribution in [0.15, 0.2) is 0 Å². The Morgan fingerprint density at radius 1 is 1.33 bits per heavy atom. The van der Waals surface area contributed by atoms with E-state index in [0.29, 0.717) is 21.0 Å². The summed E-state index contributed by atoms with van der Waals surface area (Å²) < 4.78 is 5.21. The van der Waals surface area contributed by atoms with Gasteiger partial charge in [0.1, 0.15) is 15.9 Å². The molecule has 1 aromatic heterocycles. The molecule has 1 amide bonds. The van der Waals surface area contributed by atoms with Gasteiger partial charge in [-0.2, -0.15) is 5.26 Å².